The number of benzene rings is 1. The number of aliphatic hydroxyl groups excluding tert-OH is 1. The van der Waals surface area contributed by atoms with Crippen LogP contribution in [0.5, 0.6) is 0 Å². The van der Waals surface area contributed by atoms with Crippen LogP contribution in [-0.4, -0.2) is 24.4 Å². The molecule has 0 spiro atoms. The number of amides is 1. The zero-order valence-corrected chi connectivity index (χ0v) is 8.62. The number of nitrogens with one attached hydrogen (secondary N) is 1. The summed E-state index contributed by atoms with van der Waals surface area (Å²) in [4.78, 5) is 11.1. The van der Waals surface area contributed by atoms with E-state index in [9.17, 15) is 4.79 Å². The molecule has 0 saturated heterocycles. The van der Waals surface area contributed by atoms with Crippen molar-refractivity contribution < 1.29 is 14.6 Å². The minimum absolute atomic E-state index is 0.0637. The maximum Gasteiger partial charge on any atom is 0.411 e. The Morgan fingerprint density at radius 3 is 3.00 bits per heavy atom. The molecule has 0 bridgehead atoms. The topological polar surface area (TPSA) is 58.6 Å². The van der Waals surface area contributed by atoms with Gasteiger partial charge in [0.25, 0.3) is 0 Å². The van der Waals surface area contributed by atoms with Crippen LogP contribution >= 0.6 is 11.6 Å². The standard InChI is InChI=1S/C10H10ClNO3/c1-7-2-3-8(11)9(6-7)12-10(14)15-5-4-13/h1-3,6,13H,4-5H2,(H,12,14). The van der Waals surface area contributed by atoms with Crippen LogP contribution in [0, 0.1) is 6.92 Å². The van der Waals surface area contributed by atoms with Crippen molar-refractivity contribution in [1.29, 1.82) is 0 Å². The van der Waals surface area contributed by atoms with E-state index in [1.54, 1.807) is 12.1 Å². The smallest absolute Gasteiger partial charge is 0.411 e. The van der Waals surface area contributed by atoms with Crippen LogP contribution in [-0.2, 0) is 4.74 Å². The maximum atomic E-state index is 11.1. The Hall–Kier alpha value is -1.26. The summed E-state index contributed by atoms with van der Waals surface area (Å²) >= 11 is 5.80. The highest BCUT2D eigenvalue weighted by molar-refractivity contribution is 6.33. The number of hydrogen-bond acceptors (Lipinski definition) is 3. The zero-order chi connectivity index (χ0) is 11.3. The van der Waals surface area contributed by atoms with Gasteiger partial charge in [0, 0.05) is 0 Å². The van der Waals surface area contributed by atoms with Crippen LogP contribution < -0.4 is 5.32 Å². The monoisotopic (exact) mass is 227 g/mol. The summed E-state index contributed by atoms with van der Waals surface area (Å²) in [5.41, 5.74) is 0.858. The van der Waals surface area contributed by atoms with Crippen LogP contribution in [0.15, 0.2) is 18.2 Å². The molecule has 1 aromatic rings. The van der Waals surface area contributed by atoms with Gasteiger partial charge in [0.15, 0.2) is 0 Å². The molecule has 1 amide bonds. The molecule has 0 aliphatic rings. The Morgan fingerprint density at radius 2 is 2.33 bits per heavy atom. The van der Waals surface area contributed by atoms with Gasteiger partial charge in [-0.15, -0.1) is 0 Å². The van der Waals surface area contributed by atoms with E-state index in [-0.39, 0.29) is 13.2 Å². The molecular weight excluding hydrogens is 218 g/mol. The van der Waals surface area contributed by atoms with Crippen LogP contribution in [0.4, 0.5) is 10.5 Å². The van der Waals surface area contributed by atoms with E-state index < -0.39 is 6.09 Å². The van der Waals surface area contributed by atoms with Crippen molar-refractivity contribution >= 4 is 23.4 Å². The van der Waals surface area contributed by atoms with Crippen molar-refractivity contribution in [2.45, 2.75) is 0 Å². The molecule has 0 fully saturated rings. The van der Waals surface area contributed by atoms with Gasteiger partial charge >= 0.3 is 6.09 Å². The average molecular weight is 228 g/mol. The van der Waals surface area contributed by atoms with Crippen LogP contribution in [0.25, 0.3) is 0 Å². The first-order valence-corrected chi connectivity index (χ1v) is 4.61. The number of carbonyl (C=O) groups excluding carboxylic acids is 1. The largest absolute Gasteiger partial charge is 0.447 e. The van der Waals surface area contributed by atoms with Gasteiger partial charge in [-0.3, -0.25) is 5.32 Å². The fourth-order valence-electron chi connectivity index (χ4n) is 0.923. The molecule has 2 N–H and O–H groups in total. The first-order valence-electron chi connectivity index (χ1n) is 4.23. The Labute approximate surface area is 92.8 Å². The lowest BCUT2D eigenvalue weighted by atomic mass is 10.2. The minimum atomic E-state index is -0.684. The van der Waals surface area contributed by atoms with E-state index in [2.05, 4.69) is 10.1 Å². The minimum Gasteiger partial charge on any atom is -0.447 e. The lowest BCUT2D eigenvalue weighted by Crippen LogP contribution is -2.16. The third-order valence-electron chi connectivity index (χ3n) is 1.55. The Morgan fingerprint density at radius 1 is 1.60 bits per heavy atom. The molecule has 1 rings (SSSR count). The third-order valence-corrected chi connectivity index (χ3v) is 1.88. The van der Waals surface area contributed by atoms with Crippen LogP contribution in [0.2, 0.25) is 5.02 Å². The van der Waals surface area contributed by atoms with Crippen molar-refractivity contribution in [2.24, 2.45) is 0 Å². The van der Waals surface area contributed by atoms with Crippen molar-refractivity contribution in [3.8, 4) is 0 Å². The van der Waals surface area contributed by atoms with Gasteiger partial charge in [-0.05, 0) is 24.6 Å². The average Bonchev–Trinajstić information content (AvgIpc) is 2.20. The van der Waals surface area contributed by atoms with E-state index in [1.165, 1.54) is 6.07 Å². The Bertz CT molecular complexity index is 355. The molecule has 0 aliphatic carbocycles. The van der Waals surface area contributed by atoms with Gasteiger partial charge in [-0.2, -0.15) is 0 Å². The lowest BCUT2D eigenvalue weighted by Gasteiger charge is -2.07. The first-order chi connectivity index (χ1) is 7.13. The van der Waals surface area contributed by atoms with Crippen molar-refractivity contribution in [3.05, 3.63) is 35.7 Å². The van der Waals surface area contributed by atoms with Crippen LogP contribution in [0.1, 0.15) is 5.56 Å². The molecule has 0 heterocycles. The van der Waals surface area contributed by atoms with Gasteiger partial charge in [0.2, 0.25) is 0 Å². The van der Waals surface area contributed by atoms with Gasteiger partial charge in [-0.25, -0.2) is 4.79 Å². The fourth-order valence-corrected chi connectivity index (χ4v) is 1.09. The molecule has 5 heteroatoms. The quantitative estimate of drug-likeness (QED) is 0.830. The van der Waals surface area contributed by atoms with E-state index in [1.807, 2.05) is 0 Å². The number of rotatable bonds is 3. The normalized spacial score (nSPS) is 9.80. The molecule has 0 atom stereocenters. The molecule has 2 radical (unpaired) electrons. The summed E-state index contributed by atoms with van der Waals surface area (Å²) in [6, 6.07) is 4.70. The van der Waals surface area contributed by atoms with Gasteiger partial charge in [0.05, 0.1) is 17.3 Å². The van der Waals surface area contributed by atoms with E-state index >= 15 is 0 Å². The third kappa shape index (κ3) is 3.77. The summed E-state index contributed by atoms with van der Waals surface area (Å²) in [6.45, 7) is 5.22. The first kappa shape index (κ1) is 11.8. The summed E-state index contributed by atoms with van der Waals surface area (Å²) in [6.07, 6.45) is -0.684. The number of hydrogen-bond donors (Lipinski definition) is 2. The lowest BCUT2D eigenvalue weighted by molar-refractivity contribution is 0.131. The summed E-state index contributed by atoms with van der Waals surface area (Å²) < 4.78 is 4.59. The second-order valence-corrected chi connectivity index (χ2v) is 3.13. The van der Waals surface area contributed by atoms with E-state index in [0.717, 1.165) is 0 Å². The molecule has 4 nitrogen and oxygen atoms in total. The summed E-state index contributed by atoms with van der Waals surface area (Å²) in [5.74, 6) is 0. The molecule has 0 saturated carbocycles. The summed E-state index contributed by atoms with van der Waals surface area (Å²) in [5, 5.41) is 11.2. The number of carbonyl (C=O) groups is 1. The van der Waals surface area contributed by atoms with Crippen LogP contribution in [0.3, 0.4) is 0 Å². The fraction of sp³-hybridized carbons (Fsp3) is 0.200. The molecule has 0 unspecified atom stereocenters. The van der Waals surface area contributed by atoms with Crippen molar-refractivity contribution in [3.63, 3.8) is 0 Å². The van der Waals surface area contributed by atoms with Gasteiger partial charge in [-0.1, -0.05) is 17.7 Å². The van der Waals surface area contributed by atoms with Crippen molar-refractivity contribution in [1.82, 2.24) is 0 Å². The molecular formula is C10H10ClNO3. The van der Waals surface area contributed by atoms with Gasteiger partial charge < -0.3 is 9.84 Å². The number of anilines is 1. The molecule has 0 aromatic heterocycles. The molecule has 0 aliphatic heterocycles. The predicted octanol–water partition coefficient (Wildman–Crippen LogP) is 1.94. The van der Waals surface area contributed by atoms with E-state index in [4.69, 9.17) is 23.6 Å². The highest BCUT2D eigenvalue weighted by Crippen LogP contribution is 2.22. The zero-order valence-electron chi connectivity index (χ0n) is 7.87. The summed E-state index contributed by atoms with van der Waals surface area (Å²) in [7, 11) is 0. The highest BCUT2D eigenvalue weighted by Gasteiger charge is 2.06. The predicted molar refractivity (Wildman–Crippen MR) is 56.9 cm³/mol. The van der Waals surface area contributed by atoms with Gasteiger partial charge in [0.1, 0.15) is 6.61 Å². The number of aliphatic hydroxyl groups is 1. The number of ether oxygens (including phenoxy) is 1. The Balaban J connectivity index is 2.63. The molecule has 1 aromatic carbocycles. The number of halogens is 1. The molecule has 15 heavy (non-hydrogen) atoms. The highest BCUT2D eigenvalue weighted by atomic mass is 35.5. The SMILES string of the molecule is [CH]c1ccc(Cl)c(NC(=O)OCCO)c1. The Kier molecular flexibility index (Phi) is 4.39. The molecule has 80 valence electrons. The van der Waals surface area contributed by atoms with Crippen molar-refractivity contribution in [2.75, 3.05) is 18.5 Å². The maximum absolute atomic E-state index is 11.1. The second-order valence-electron chi connectivity index (χ2n) is 2.72. The van der Waals surface area contributed by atoms with E-state index in [0.29, 0.717) is 16.3 Å². The second kappa shape index (κ2) is 5.58.